The largest absolute Gasteiger partial charge is 0.480 e. The Bertz CT molecular complexity index is 939. The van der Waals surface area contributed by atoms with Crippen molar-refractivity contribution in [3.63, 3.8) is 0 Å². The molecule has 156 valence electrons. The number of benzene rings is 3. The molecule has 30 heavy (non-hydrogen) atoms. The Morgan fingerprint density at radius 1 is 0.900 bits per heavy atom. The molecule has 0 fully saturated rings. The summed E-state index contributed by atoms with van der Waals surface area (Å²) in [6, 6.07) is 24.4. The van der Waals surface area contributed by atoms with Crippen LogP contribution in [-0.4, -0.2) is 23.6 Å². The molecule has 0 spiro atoms. The third kappa shape index (κ3) is 6.95. The second-order valence-corrected chi connectivity index (χ2v) is 7.11. The van der Waals surface area contributed by atoms with E-state index in [0.717, 1.165) is 11.1 Å². The molecule has 0 amide bonds. The maximum absolute atomic E-state index is 11.1. The summed E-state index contributed by atoms with van der Waals surface area (Å²) in [7, 11) is 0. The monoisotopic (exact) mass is 463 g/mol. The van der Waals surface area contributed by atoms with Crippen LogP contribution >= 0.6 is 35.6 Å². The second-order valence-electron chi connectivity index (χ2n) is 6.24. The molecule has 0 atom stereocenters. The number of carbonyl (C=O) groups is 1. The third-order valence-corrected chi connectivity index (χ3v) is 4.48. The highest BCUT2D eigenvalue weighted by Gasteiger charge is 2.16. The van der Waals surface area contributed by atoms with Gasteiger partial charge >= 0.3 is 5.97 Å². The molecule has 5 nitrogen and oxygen atoms in total. The van der Waals surface area contributed by atoms with Crippen molar-refractivity contribution in [1.82, 2.24) is 5.32 Å². The molecule has 0 aliphatic heterocycles. The van der Waals surface area contributed by atoms with Gasteiger partial charge in [0.25, 0.3) is 0 Å². The summed E-state index contributed by atoms with van der Waals surface area (Å²) >= 11 is 12.2. The van der Waals surface area contributed by atoms with Crippen molar-refractivity contribution in [3.05, 3.63) is 100 Å². The molecule has 0 aromatic heterocycles. The molecule has 3 aromatic carbocycles. The summed E-state index contributed by atoms with van der Waals surface area (Å²) in [5.41, 5.74) is 2.61. The lowest BCUT2D eigenvalue weighted by Gasteiger charge is -2.23. The van der Waals surface area contributed by atoms with Crippen molar-refractivity contribution < 1.29 is 9.90 Å². The molecule has 3 rings (SSSR count). The average molecular weight is 465 g/mol. The van der Waals surface area contributed by atoms with Gasteiger partial charge in [0, 0.05) is 15.7 Å². The minimum Gasteiger partial charge on any atom is -0.480 e. The molecule has 8 heteroatoms. The van der Waals surface area contributed by atoms with Gasteiger partial charge in [-0.05, 0) is 29.3 Å². The van der Waals surface area contributed by atoms with Crippen LogP contribution in [0.15, 0.2) is 83.9 Å². The summed E-state index contributed by atoms with van der Waals surface area (Å²) in [4.78, 5) is 15.3. The van der Waals surface area contributed by atoms with E-state index in [-0.39, 0.29) is 25.0 Å². The number of nitrogens with zero attached hydrogens (tertiary/aromatic N) is 1. The fourth-order valence-electron chi connectivity index (χ4n) is 2.82. The number of aliphatic carboxylic acids is 1. The number of aliphatic imine (C=N–C) groups is 1. The molecule has 0 saturated heterocycles. The van der Waals surface area contributed by atoms with Gasteiger partial charge in [0.15, 0.2) is 5.96 Å². The molecule has 0 heterocycles. The summed E-state index contributed by atoms with van der Waals surface area (Å²) in [5.74, 6) is -0.741. The van der Waals surface area contributed by atoms with Gasteiger partial charge in [-0.3, -0.25) is 4.79 Å². The van der Waals surface area contributed by atoms with Crippen molar-refractivity contribution in [2.45, 2.75) is 6.04 Å². The van der Waals surface area contributed by atoms with Gasteiger partial charge in [-0.15, -0.1) is 12.4 Å². The summed E-state index contributed by atoms with van der Waals surface area (Å²) in [5, 5.41) is 16.4. The normalized spacial score (nSPS) is 11.0. The number of hydrogen-bond acceptors (Lipinski definition) is 2. The van der Waals surface area contributed by atoms with Gasteiger partial charge in [0.2, 0.25) is 0 Å². The lowest BCUT2D eigenvalue weighted by Crippen LogP contribution is -2.35. The van der Waals surface area contributed by atoms with E-state index in [1.165, 1.54) is 0 Å². The van der Waals surface area contributed by atoms with Crippen LogP contribution in [0.25, 0.3) is 0 Å². The van der Waals surface area contributed by atoms with E-state index in [9.17, 15) is 4.79 Å². The topological polar surface area (TPSA) is 73.7 Å². The van der Waals surface area contributed by atoms with Crippen LogP contribution in [0.3, 0.4) is 0 Å². The SMILES string of the molecule is Cl.O=C(O)CN=C(Nc1cc(Cl)cc(Cl)c1)NC(c1ccccc1)c1ccccc1. The number of carboxylic acid groups (broad SMARTS) is 1. The fourth-order valence-corrected chi connectivity index (χ4v) is 3.34. The van der Waals surface area contributed by atoms with Crippen molar-refractivity contribution >= 4 is 53.2 Å². The zero-order chi connectivity index (χ0) is 20.6. The fraction of sp³-hybridized carbons (Fsp3) is 0.0909. The van der Waals surface area contributed by atoms with Crippen LogP contribution < -0.4 is 10.6 Å². The standard InChI is InChI=1S/C22H19Cl2N3O2.ClH/c23-17-11-18(24)13-19(12-17)26-22(25-14-20(28)29)27-21(15-7-3-1-4-8-15)16-9-5-2-6-10-16;/h1-13,21H,14H2,(H,28,29)(H2,25,26,27);1H. The van der Waals surface area contributed by atoms with E-state index in [4.69, 9.17) is 28.3 Å². The van der Waals surface area contributed by atoms with Crippen LogP contribution in [0.2, 0.25) is 10.0 Å². The van der Waals surface area contributed by atoms with Crippen LogP contribution in [-0.2, 0) is 4.79 Å². The zero-order valence-electron chi connectivity index (χ0n) is 15.8. The number of carboxylic acids is 1. The maximum atomic E-state index is 11.1. The predicted octanol–water partition coefficient (Wildman–Crippen LogP) is 5.65. The van der Waals surface area contributed by atoms with Crippen LogP contribution in [0, 0.1) is 0 Å². The Kier molecular flexibility index (Phi) is 8.99. The zero-order valence-corrected chi connectivity index (χ0v) is 18.1. The highest BCUT2D eigenvalue weighted by atomic mass is 35.5. The molecule has 0 aliphatic rings. The van der Waals surface area contributed by atoms with Crippen molar-refractivity contribution in [1.29, 1.82) is 0 Å². The number of nitrogens with one attached hydrogen (secondary N) is 2. The molecule has 0 saturated carbocycles. The Balaban J connectivity index is 0.00000320. The van der Waals surface area contributed by atoms with Gasteiger partial charge in [0.1, 0.15) is 6.54 Å². The van der Waals surface area contributed by atoms with Crippen molar-refractivity contribution in [3.8, 4) is 0 Å². The van der Waals surface area contributed by atoms with Gasteiger partial charge < -0.3 is 15.7 Å². The maximum Gasteiger partial charge on any atom is 0.325 e. The first-order valence-electron chi connectivity index (χ1n) is 8.87. The van der Waals surface area contributed by atoms with Crippen LogP contribution in [0.5, 0.6) is 0 Å². The quantitative estimate of drug-likeness (QED) is 0.326. The number of guanidine groups is 1. The first kappa shape index (κ1) is 23.5. The van der Waals surface area contributed by atoms with E-state index in [1.54, 1.807) is 18.2 Å². The minimum atomic E-state index is -1.04. The lowest BCUT2D eigenvalue weighted by atomic mass is 9.99. The third-order valence-electron chi connectivity index (χ3n) is 4.04. The lowest BCUT2D eigenvalue weighted by molar-refractivity contribution is -0.135. The van der Waals surface area contributed by atoms with E-state index in [1.807, 2.05) is 60.7 Å². The molecular weight excluding hydrogens is 445 g/mol. The molecule has 0 unspecified atom stereocenters. The molecule has 3 N–H and O–H groups in total. The summed E-state index contributed by atoms with van der Waals surface area (Å²) in [6.45, 7) is -0.389. The van der Waals surface area contributed by atoms with Crippen molar-refractivity contribution in [2.75, 3.05) is 11.9 Å². The van der Waals surface area contributed by atoms with E-state index >= 15 is 0 Å². The number of hydrogen-bond donors (Lipinski definition) is 3. The number of halogens is 3. The molecule has 0 bridgehead atoms. The van der Waals surface area contributed by atoms with E-state index < -0.39 is 5.97 Å². The van der Waals surface area contributed by atoms with Gasteiger partial charge in [-0.1, -0.05) is 83.9 Å². The summed E-state index contributed by atoms with van der Waals surface area (Å²) in [6.07, 6.45) is 0. The first-order valence-corrected chi connectivity index (χ1v) is 9.62. The average Bonchev–Trinajstić information content (AvgIpc) is 2.70. The highest BCUT2D eigenvalue weighted by Crippen LogP contribution is 2.24. The minimum absolute atomic E-state index is 0. The van der Waals surface area contributed by atoms with Crippen LogP contribution in [0.1, 0.15) is 17.2 Å². The van der Waals surface area contributed by atoms with Gasteiger partial charge in [-0.2, -0.15) is 0 Å². The Morgan fingerprint density at radius 2 is 1.40 bits per heavy atom. The second kappa shape index (κ2) is 11.5. The number of rotatable bonds is 6. The molecular formula is C22H20Cl3N3O2. The first-order chi connectivity index (χ1) is 14.0. The van der Waals surface area contributed by atoms with Crippen molar-refractivity contribution in [2.24, 2.45) is 4.99 Å². The smallest absolute Gasteiger partial charge is 0.325 e. The van der Waals surface area contributed by atoms with E-state index in [2.05, 4.69) is 15.6 Å². The molecule has 0 radical (unpaired) electrons. The van der Waals surface area contributed by atoms with Crippen LogP contribution in [0.4, 0.5) is 5.69 Å². The Hall–Kier alpha value is -2.73. The molecule has 3 aromatic rings. The van der Waals surface area contributed by atoms with E-state index in [0.29, 0.717) is 21.7 Å². The predicted molar refractivity (Wildman–Crippen MR) is 125 cm³/mol. The highest BCUT2D eigenvalue weighted by molar-refractivity contribution is 6.35. The van der Waals surface area contributed by atoms with Gasteiger partial charge in [0.05, 0.1) is 6.04 Å². The summed E-state index contributed by atoms with van der Waals surface area (Å²) < 4.78 is 0. The number of anilines is 1. The molecule has 0 aliphatic carbocycles. The Morgan fingerprint density at radius 3 is 1.87 bits per heavy atom. The van der Waals surface area contributed by atoms with Gasteiger partial charge in [-0.25, -0.2) is 4.99 Å². The Labute approximate surface area is 191 Å².